The smallest absolute Gasteiger partial charge is 0.388 e. The molecule has 3 aromatic carbocycles. The molecule has 0 bridgehead atoms. The summed E-state index contributed by atoms with van der Waals surface area (Å²) in [6.45, 7) is 55.0. The maximum Gasteiger partial charge on any atom is 0.388 e. The molecule has 620 valence electrons. The van der Waals surface area contributed by atoms with Gasteiger partial charge in [-0.1, -0.05) is 316 Å². The minimum Gasteiger partial charge on any atom is -0.497 e. The van der Waals surface area contributed by atoms with Crippen molar-refractivity contribution in [2.75, 3.05) is 72.8 Å². The number of morpholine rings is 1. The van der Waals surface area contributed by atoms with Gasteiger partial charge in [0.05, 0.1) is 20.3 Å². The summed E-state index contributed by atoms with van der Waals surface area (Å²) >= 11 is 5.29. The van der Waals surface area contributed by atoms with E-state index in [1.807, 2.05) is 56.3 Å². The highest BCUT2D eigenvalue weighted by molar-refractivity contribution is 6.18. The molecular formula is C89H166ClF8NO5. The Morgan fingerprint density at radius 1 is 0.529 bits per heavy atom. The van der Waals surface area contributed by atoms with Crippen LogP contribution in [0.15, 0.2) is 78.9 Å². The van der Waals surface area contributed by atoms with Gasteiger partial charge in [0.15, 0.2) is 0 Å². The standard InChI is InChI=1S/C8H10O.C8H10.C7H14.C7H8.C6H12O.C6H12.C5H11NO.C5H10.C5H12.C4H9ClO.C4H6F2.C4H7F.C4H8.2C4H10.C3H5F3.C3H8O.C2H4F2/c1-7-3-5-8(9-2)6-4-7;1-7-3-5-8(2)6-4-7;2*1-7-5-3-2-4-6-7;1-6-2-4-7-5-3-6;1-6-4-2-3-5-6;1-6-2-4-7-5-3-6;1-5-3-2-4-5;1-5(2,3)4;1-4(2-5)3-6;1-3-2-4(3,5)6;1-4(5)2-3-4;1-4-2-3-4;1-4(2)3;1-3-4-2;1-2-3(4,5)6;1-2-3-4;1-2(3)4/h3-6H,1-2H3;3-6H,1-2H3;7H,2-6H2,1H3;2-6H,1H3;6H,2-5H2,1H3;6H,2-5H2,1H3;2-5H2,1H3;5H,2-4H2,1H3;1-4H3;4,6H,2-3H2,1H3;3H,2H2,1H3;2-3H2,1H3;4H,2-3H2,1H3;4H,1-3H3;3-4H2,1-2H3;2H2,1H3;4H,2-3H2,1H3;2H,1H3/t;;;;;;;;;4-;;;;;;;;/m.........0......../s1. The Morgan fingerprint density at radius 3 is 0.923 bits per heavy atom. The van der Waals surface area contributed by atoms with Gasteiger partial charge in [0.1, 0.15) is 11.4 Å². The molecule has 15 heteroatoms. The molecule has 2 N–H and O–H groups in total. The average molecular weight is 1520 g/mol. The second-order valence-corrected chi connectivity index (χ2v) is 32.4. The second-order valence-electron chi connectivity index (χ2n) is 32.1. The van der Waals surface area contributed by atoms with E-state index in [0.717, 1.165) is 114 Å². The van der Waals surface area contributed by atoms with E-state index in [0.29, 0.717) is 17.9 Å². The average Bonchev–Trinajstić information content (AvgIpc) is 1.66. The van der Waals surface area contributed by atoms with Gasteiger partial charge in [0, 0.05) is 64.2 Å². The lowest BCUT2D eigenvalue weighted by molar-refractivity contribution is -0.130. The Bertz CT molecular complexity index is 2010. The van der Waals surface area contributed by atoms with E-state index in [-0.39, 0.29) is 24.9 Å². The van der Waals surface area contributed by atoms with Gasteiger partial charge in [-0.15, -0.1) is 11.6 Å². The monoisotopic (exact) mass is 1520 g/mol. The van der Waals surface area contributed by atoms with E-state index in [9.17, 15) is 35.1 Å². The molecule has 2 heterocycles. The number of ether oxygens (including phenoxy) is 3. The summed E-state index contributed by atoms with van der Waals surface area (Å²) < 4.78 is 103. The number of aryl methyl sites for hydroxylation is 4. The summed E-state index contributed by atoms with van der Waals surface area (Å²) in [6.07, 6.45) is 21.7. The van der Waals surface area contributed by atoms with Crippen LogP contribution in [0.5, 0.6) is 5.75 Å². The van der Waals surface area contributed by atoms with Gasteiger partial charge in [-0.3, -0.25) is 0 Å². The number of aliphatic hydroxyl groups excluding tert-OH is 2. The van der Waals surface area contributed by atoms with Crippen molar-refractivity contribution >= 4 is 11.6 Å². The van der Waals surface area contributed by atoms with Gasteiger partial charge in [-0.05, 0) is 140 Å². The summed E-state index contributed by atoms with van der Waals surface area (Å²) in [5.74, 6) is 5.07. The zero-order chi connectivity index (χ0) is 81.6. The van der Waals surface area contributed by atoms with Crippen LogP contribution in [0.2, 0.25) is 0 Å². The summed E-state index contributed by atoms with van der Waals surface area (Å²) in [4.78, 5) is 2.27. The molecule has 11 rings (SSSR count). The van der Waals surface area contributed by atoms with Gasteiger partial charge in [0.25, 0.3) is 5.92 Å². The zero-order valence-corrected chi connectivity index (χ0v) is 72.6. The van der Waals surface area contributed by atoms with Crippen molar-refractivity contribution in [2.24, 2.45) is 52.8 Å². The number of likely N-dealkylation sites (N-methyl/N-ethyl adjacent to an activating group) is 1. The summed E-state index contributed by atoms with van der Waals surface area (Å²) in [5.41, 5.74) is 4.99. The maximum atomic E-state index is 11.8. The first-order valence-corrected chi connectivity index (χ1v) is 40.6. The fourth-order valence-electron chi connectivity index (χ4n) is 7.10. The normalized spacial score (nSPS) is 18.0. The van der Waals surface area contributed by atoms with Crippen molar-refractivity contribution < 1.29 is 59.5 Å². The van der Waals surface area contributed by atoms with Crippen molar-refractivity contribution in [3.8, 4) is 5.75 Å². The minimum atomic E-state index is -3.96. The molecule has 0 spiro atoms. The van der Waals surface area contributed by atoms with Crippen LogP contribution < -0.4 is 4.74 Å². The molecule has 6 saturated carbocycles. The zero-order valence-electron chi connectivity index (χ0n) is 71.8. The van der Waals surface area contributed by atoms with Crippen molar-refractivity contribution in [2.45, 2.75) is 338 Å². The molecule has 2 saturated heterocycles. The van der Waals surface area contributed by atoms with Crippen LogP contribution in [0.3, 0.4) is 0 Å². The second kappa shape index (κ2) is 75.4. The first-order chi connectivity index (χ1) is 48.4. The number of hydrogen-bond acceptors (Lipinski definition) is 6. The lowest BCUT2D eigenvalue weighted by Gasteiger charge is -2.21. The summed E-state index contributed by atoms with van der Waals surface area (Å²) in [5, 5.41) is 16.1. The van der Waals surface area contributed by atoms with Gasteiger partial charge in [-0.25, -0.2) is 22.0 Å². The van der Waals surface area contributed by atoms with Crippen LogP contribution >= 0.6 is 11.6 Å². The van der Waals surface area contributed by atoms with Crippen molar-refractivity contribution in [3.05, 3.63) is 101 Å². The largest absolute Gasteiger partial charge is 0.497 e. The molecular weight excluding hydrogens is 1350 g/mol. The molecule has 104 heavy (non-hydrogen) atoms. The number of benzene rings is 3. The Hall–Kier alpha value is -3.01. The van der Waals surface area contributed by atoms with Gasteiger partial charge in [0.2, 0.25) is 6.43 Å². The number of unbranched alkanes of at least 4 members (excludes halogenated alkanes) is 1. The fraction of sp³-hybridized carbons (Fsp3) is 0.798. The third kappa shape index (κ3) is 117. The van der Waals surface area contributed by atoms with Crippen LogP contribution in [-0.2, 0) is 9.47 Å². The highest BCUT2D eigenvalue weighted by atomic mass is 35.5. The Balaban J connectivity index is -0.000000193. The molecule has 6 aliphatic carbocycles. The summed E-state index contributed by atoms with van der Waals surface area (Å²) in [6, 6.07) is 26.7. The van der Waals surface area contributed by atoms with E-state index in [1.165, 1.54) is 138 Å². The topological polar surface area (TPSA) is 71.4 Å². The van der Waals surface area contributed by atoms with Gasteiger partial charge < -0.3 is 29.3 Å². The molecule has 0 amide bonds. The number of rotatable bonds is 5. The Morgan fingerprint density at radius 2 is 0.798 bits per heavy atom. The molecule has 3 aromatic rings. The van der Waals surface area contributed by atoms with Crippen molar-refractivity contribution in [1.82, 2.24) is 4.90 Å². The van der Waals surface area contributed by atoms with Crippen LogP contribution in [0.1, 0.15) is 308 Å². The summed E-state index contributed by atoms with van der Waals surface area (Å²) in [7, 11) is 3.78. The predicted molar refractivity (Wildman–Crippen MR) is 440 cm³/mol. The molecule has 0 aromatic heterocycles. The lowest BCUT2D eigenvalue weighted by atomic mass is 9.88. The van der Waals surface area contributed by atoms with Crippen LogP contribution in [0, 0.1) is 80.5 Å². The molecule has 8 aliphatic rings. The highest BCUT2D eigenvalue weighted by Gasteiger charge is 2.53. The molecule has 1 unspecified atom stereocenters. The number of aliphatic hydroxyl groups is 2. The van der Waals surface area contributed by atoms with E-state index in [2.05, 4.69) is 173 Å². The molecule has 8 fully saturated rings. The van der Waals surface area contributed by atoms with Crippen LogP contribution in [-0.4, -0.2) is 112 Å². The number of alkyl halides is 9. The first kappa shape index (κ1) is 114. The number of hydrogen-bond donors (Lipinski definition) is 2. The van der Waals surface area contributed by atoms with Crippen molar-refractivity contribution in [3.63, 3.8) is 0 Å². The Labute approximate surface area is 643 Å². The fourth-order valence-corrected chi connectivity index (χ4v) is 7.20. The maximum absolute atomic E-state index is 11.8. The molecule has 0 radical (unpaired) electrons. The molecule has 2 atom stereocenters. The van der Waals surface area contributed by atoms with Gasteiger partial charge >= 0.3 is 6.18 Å². The third-order valence-electron chi connectivity index (χ3n) is 15.7. The SMILES string of the molecule is CC(C)(C)C.CC(C)C.CC(F)F.CC1(F)CC1.CC1CC1.CC1CC1(F)F.CC1CCC1.CC1CCCC1.CC1CCCCC1.CC1CCOCC1.CCC(F)(F)F.CCCC.CCCO.CN1CCOCC1.COc1ccc(C)cc1.C[C@H](CO)CCl.Cc1ccc(C)cc1.Cc1ccccc1. The van der Waals surface area contributed by atoms with Crippen LogP contribution in [0.4, 0.5) is 35.1 Å². The lowest BCUT2D eigenvalue weighted by Crippen LogP contribution is -2.32. The van der Waals surface area contributed by atoms with E-state index >= 15 is 0 Å². The molecule has 2 aliphatic heterocycles. The first-order valence-electron chi connectivity index (χ1n) is 40.1. The van der Waals surface area contributed by atoms with Gasteiger partial charge in [-0.2, -0.15) is 13.2 Å². The number of halogens is 9. The van der Waals surface area contributed by atoms with E-state index in [1.54, 1.807) is 21.0 Å². The van der Waals surface area contributed by atoms with Crippen LogP contribution in [0.25, 0.3) is 0 Å². The Kier molecular flexibility index (Phi) is 82.9. The quantitative estimate of drug-likeness (QED) is 0.196. The number of nitrogens with zero attached hydrogens (tertiary/aromatic N) is 1. The molecule has 6 nitrogen and oxygen atoms in total. The predicted octanol–water partition coefficient (Wildman–Crippen LogP) is 28.9. The number of methoxy groups -OCH3 is 1. The van der Waals surface area contributed by atoms with E-state index in [4.69, 9.17) is 36.0 Å². The highest BCUT2D eigenvalue weighted by Crippen LogP contribution is 2.47. The van der Waals surface area contributed by atoms with Crippen molar-refractivity contribution in [1.29, 1.82) is 0 Å². The van der Waals surface area contributed by atoms with E-state index < -0.39 is 30.6 Å². The minimum absolute atomic E-state index is 0.104. The third-order valence-corrected chi connectivity index (χ3v) is 16.3.